The van der Waals surface area contributed by atoms with Gasteiger partial charge in [0.15, 0.2) is 0 Å². The first-order valence-corrected chi connectivity index (χ1v) is 13.3. The quantitative estimate of drug-likeness (QED) is 0.400. The third-order valence-corrected chi connectivity index (χ3v) is 7.67. The molecule has 0 aliphatic carbocycles. The van der Waals surface area contributed by atoms with Crippen molar-refractivity contribution in [2.24, 2.45) is 11.8 Å². The fourth-order valence-electron chi connectivity index (χ4n) is 4.12. The summed E-state index contributed by atoms with van der Waals surface area (Å²) < 4.78 is 36.4. The Hall–Kier alpha value is -2.65. The normalized spacial score (nSPS) is 13.3. The van der Waals surface area contributed by atoms with Crippen LogP contribution < -0.4 is 0 Å². The summed E-state index contributed by atoms with van der Waals surface area (Å²) in [5, 5.41) is 0.694. The molecule has 0 aliphatic rings. The Kier molecular flexibility index (Phi) is 8.20. The van der Waals surface area contributed by atoms with Crippen LogP contribution in [0, 0.1) is 11.8 Å². The van der Waals surface area contributed by atoms with Gasteiger partial charge < -0.3 is 13.9 Å². The van der Waals surface area contributed by atoms with Gasteiger partial charge in [-0.2, -0.15) is 4.31 Å². The Morgan fingerprint density at radius 3 is 2.38 bits per heavy atom. The molecule has 0 fully saturated rings. The zero-order valence-electron chi connectivity index (χ0n) is 20.9. The minimum Gasteiger partial charge on any atom is -0.464 e. The van der Waals surface area contributed by atoms with Crippen molar-refractivity contribution >= 4 is 26.9 Å². The van der Waals surface area contributed by atoms with E-state index in [4.69, 9.17) is 4.42 Å². The number of fused-ring (bicyclic) bond motifs is 1. The summed E-state index contributed by atoms with van der Waals surface area (Å²) in [7, 11) is -4.00. The highest BCUT2D eigenvalue weighted by molar-refractivity contribution is 7.89. The number of imidazole rings is 1. The highest BCUT2D eigenvalue weighted by Gasteiger charge is 2.36. The number of carbonyl (C=O) groups excluding carboxylic acids is 1. The van der Waals surface area contributed by atoms with E-state index in [1.165, 1.54) is 16.6 Å². The molecule has 2 aromatic heterocycles. The summed E-state index contributed by atoms with van der Waals surface area (Å²) >= 11 is 0. The fraction of sp³-hybridized carbons (Fsp3) is 0.520. The molecule has 0 aliphatic heterocycles. The van der Waals surface area contributed by atoms with Gasteiger partial charge in [-0.15, -0.1) is 0 Å². The number of rotatable bonds is 11. The van der Waals surface area contributed by atoms with E-state index in [9.17, 15) is 13.2 Å². The van der Waals surface area contributed by atoms with E-state index < -0.39 is 16.1 Å². The average Bonchev–Trinajstić information content (AvgIpc) is 3.43. The Bertz CT molecular complexity index is 1200. The van der Waals surface area contributed by atoms with E-state index in [1.807, 2.05) is 11.5 Å². The lowest BCUT2D eigenvalue weighted by Crippen LogP contribution is -2.50. The van der Waals surface area contributed by atoms with Crippen LogP contribution >= 0.6 is 0 Å². The van der Waals surface area contributed by atoms with Crippen LogP contribution in [0.1, 0.15) is 47.2 Å². The predicted molar refractivity (Wildman–Crippen MR) is 133 cm³/mol. The van der Waals surface area contributed by atoms with E-state index in [0.29, 0.717) is 30.6 Å². The minimum absolute atomic E-state index is 0.0453. The van der Waals surface area contributed by atoms with Crippen LogP contribution in [0.25, 0.3) is 11.0 Å². The zero-order chi connectivity index (χ0) is 25.0. The maximum Gasteiger partial charge on any atom is 0.244 e. The third-order valence-electron chi connectivity index (χ3n) is 5.76. The second-order valence-corrected chi connectivity index (χ2v) is 11.4. The van der Waals surface area contributed by atoms with Crippen LogP contribution in [-0.4, -0.2) is 52.2 Å². The highest BCUT2D eigenvalue weighted by Crippen LogP contribution is 2.26. The fourth-order valence-corrected chi connectivity index (χ4v) is 5.71. The van der Waals surface area contributed by atoms with Crippen molar-refractivity contribution in [1.82, 2.24) is 18.8 Å². The van der Waals surface area contributed by atoms with Gasteiger partial charge in [0.2, 0.25) is 15.9 Å². The molecule has 0 saturated carbocycles. The molecule has 1 aromatic carbocycles. The first kappa shape index (κ1) is 26.0. The molecule has 3 aromatic rings. The zero-order valence-corrected chi connectivity index (χ0v) is 21.7. The van der Waals surface area contributed by atoms with E-state index in [-0.39, 0.29) is 29.2 Å². The van der Waals surface area contributed by atoms with Crippen molar-refractivity contribution < 1.29 is 17.6 Å². The molecule has 0 radical (unpaired) electrons. The van der Waals surface area contributed by atoms with Crippen molar-refractivity contribution in [3.63, 3.8) is 0 Å². The summed E-state index contributed by atoms with van der Waals surface area (Å²) in [6, 6.07) is 5.61. The lowest BCUT2D eigenvalue weighted by atomic mass is 10.1. The molecule has 2 heterocycles. The van der Waals surface area contributed by atoms with Gasteiger partial charge in [0, 0.05) is 31.2 Å². The Morgan fingerprint density at radius 2 is 1.76 bits per heavy atom. The predicted octanol–water partition coefficient (Wildman–Crippen LogP) is 4.37. The summed E-state index contributed by atoms with van der Waals surface area (Å²) in [4.78, 5) is 19.8. The van der Waals surface area contributed by atoms with Crippen molar-refractivity contribution in [1.29, 1.82) is 0 Å². The van der Waals surface area contributed by atoms with Crippen LogP contribution in [0.4, 0.5) is 0 Å². The number of hydrogen-bond donors (Lipinski definition) is 0. The Balaban J connectivity index is 2.03. The summed E-state index contributed by atoms with van der Waals surface area (Å²) in [6.07, 6.45) is 4.86. The lowest BCUT2D eigenvalue weighted by Gasteiger charge is -2.34. The first-order chi connectivity index (χ1) is 16.0. The first-order valence-electron chi connectivity index (χ1n) is 11.8. The molecule has 0 spiro atoms. The maximum absolute atomic E-state index is 13.9. The molecule has 0 bridgehead atoms. The number of aromatic nitrogens is 2. The number of benzene rings is 1. The van der Waals surface area contributed by atoms with Crippen LogP contribution in [0.15, 0.2) is 52.4 Å². The number of nitrogens with zero attached hydrogens (tertiary/aromatic N) is 4. The van der Waals surface area contributed by atoms with Gasteiger partial charge in [-0.05, 0) is 49.9 Å². The van der Waals surface area contributed by atoms with E-state index in [0.717, 1.165) is 5.69 Å². The Labute approximate surface area is 202 Å². The van der Waals surface area contributed by atoms with Crippen molar-refractivity contribution in [2.75, 3.05) is 13.1 Å². The minimum atomic E-state index is -4.00. The molecule has 1 amide bonds. The van der Waals surface area contributed by atoms with Gasteiger partial charge in [0.25, 0.3) is 0 Å². The molecule has 0 N–H and O–H groups in total. The van der Waals surface area contributed by atoms with Gasteiger partial charge in [-0.25, -0.2) is 13.4 Å². The van der Waals surface area contributed by atoms with Crippen LogP contribution in [0.5, 0.6) is 0 Å². The van der Waals surface area contributed by atoms with E-state index in [1.54, 1.807) is 42.5 Å². The number of carbonyl (C=O) groups is 1. The van der Waals surface area contributed by atoms with Gasteiger partial charge >= 0.3 is 0 Å². The van der Waals surface area contributed by atoms with Crippen molar-refractivity contribution in [3.8, 4) is 0 Å². The standard InChI is InChI=1S/C25H36N4O4S/c1-7-27-17-26-13-22(27)16-29(20(6)25(30)28(14-18(2)3)15-19(4)5)34(31,32)23-8-9-24-21(12-23)10-11-33-24/h8-13,17-20H,7,14-16H2,1-6H3/t20-/m0/s1. The van der Waals surface area contributed by atoms with Crippen molar-refractivity contribution in [2.45, 2.75) is 65.6 Å². The van der Waals surface area contributed by atoms with E-state index in [2.05, 4.69) is 32.7 Å². The largest absolute Gasteiger partial charge is 0.464 e. The molecule has 34 heavy (non-hydrogen) atoms. The van der Waals surface area contributed by atoms with Gasteiger partial charge in [0.1, 0.15) is 11.6 Å². The molecule has 9 heteroatoms. The number of amides is 1. The molecule has 3 rings (SSSR count). The second-order valence-electron chi connectivity index (χ2n) is 9.55. The lowest BCUT2D eigenvalue weighted by molar-refractivity contribution is -0.136. The summed E-state index contributed by atoms with van der Waals surface area (Å²) in [5.41, 5.74) is 1.34. The third kappa shape index (κ3) is 5.70. The molecule has 0 saturated heterocycles. The molecular weight excluding hydrogens is 452 g/mol. The summed E-state index contributed by atoms with van der Waals surface area (Å²) in [5.74, 6) is 0.341. The van der Waals surface area contributed by atoms with Gasteiger partial charge in [-0.3, -0.25) is 4.79 Å². The van der Waals surface area contributed by atoms with E-state index >= 15 is 0 Å². The smallest absolute Gasteiger partial charge is 0.244 e. The van der Waals surface area contributed by atoms with Crippen LogP contribution in [-0.2, 0) is 27.9 Å². The SMILES string of the molecule is CCn1cncc1CN([C@@H](C)C(=O)N(CC(C)C)CC(C)C)S(=O)(=O)c1ccc2occc2c1. The Morgan fingerprint density at radius 1 is 1.09 bits per heavy atom. The molecule has 0 unspecified atom stereocenters. The molecule has 1 atom stereocenters. The number of furan rings is 1. The van der Waals surface area contributed by atoms with Crippen LogP contribution in [0.3, 0.4) is 0 Å². The topological polar surface area (TPSA) is 88.7 Å². The monoisotopic (exact) mass is 488 g/mol. The number of aryl methyl sites for hydroxylation is 1. The van der Waals surface area contributed by atoms with Gasteiger partial charge in [-0.1, -0.05) is 27.7 Å². The molecule has 186 valence electrons. The average molecular weight is 489 g/mol. The van der Waals surface area contributed by atoms with Gasteiger partial charge in [0.05, 0.1) is 29.7 Å². The van der Waals surface area contributed by atoms with Crippen molar-refractivity contribution in [3.05, 3.63) is 48.7 Å². The highest BCUT2D eigenvalue weighted by atomic mass is 32.2. The second kappa shape index (κ2) is 10.7. The summed E-state index contributed by atoms with van der Waals surface area (Å²) in [6.45, 7) is 13.7. The molecule has 8 nitrogen and oxygen atoms in total. The number of sulfonamides is 1. The number of hydrogen-bond acceptors (Lipinski definition) is 5. The molecular formula is C25H36N4O4S. The van der Waals surface area contributed by atoms with Crippen LogP contribution in [0.2, 0.25) is 0 Å². The maximum atomic E-state index is 13.9.